The topological polar surface area (TPSA) is 66.8 Å². The Hall–Kier alpha value is -2.14. The normalized spacial score (nSPS) is 21.0. The van der Waals surface area contributed by atoms with Gasteiger partial charge in [-0.2, -0.15) is 0 Å². The van der Waals surface area contributed by atoms with Crippen LogP contribution in [0.15, 0.2) is 36.4 Å². The monoisotopic (exact) mass is 317 g/mol. The Balaban J connectivity index is 1.85. The second-order valence-corrected chi connectivity index (χ2v) is 5.74. The van der Waals surface area contributed by atoms with Gasteiger partial charge in [0.05, 0.1) is 12.5 Å². The van der Waals surface area contributed by atoms with E-state index < -0.39 is 5.97 Å². The van der Waals surface area contributed by atoms with E-state index in [0.717, 1.165) is 5.56 Å². The molecule has 5 nitrogen and oxygen atoms in total. The number of ether oxygens (including phenoxy) is 1. The van der Waals surface area contributed by atoms with Crippen LogP contribution >= 0.6 is 0 Å². The summed E-state index contributed by atoms with van der Waals surface area (Å²) in [6.07, 6.45) is 5.49. The molecule has 2 atom stereocenters. The van der Waals surface area contributed by atoms with Gasteiger partial charge < -0.3 is 14.7 Å². The van der Waals surface area contributed by atoms with Crippen LogP contribution in [0.2, 0.25) is 0 Å². The predicted molar refractivity (Wildman–Crippen MR) is 87.9 cm³/mol. The molecule has 124 valence electrons. The fourth-order valence-corrected chi connectivity index (χ4v) is 2.88. The second kappa shape index (κ2) is 8.48. The van der Waals surface area contributed by atoms with Gasteiger partial charge >= 0.3 is 5.97 Å². The molecule has 0 bridgehead atoms. The number of nitrogens with zero attached hydrogens (tertiary/aromatic N) is 1. The number of carboxylic acid groups (broad SMARTS) is 1. The zero-order valence-corrected chi connectivity index (χ0v) is 13.4. The van der Waals surface area contributed by atoms with Crippen molar-refractivity contribution in [3.8, 4) is 0 Å². The van der Waals surface area contributed by atoms with Gasteiger partial charge in [0.15, 0.2) is 0 Å². The highest BCUT2D eigenvalue weighted by molar-refractivity contribution is 5.78. The summed E-state index contributed by atoms with van der Waals surface area (Å²) >= 11 is 0. The number of methoxy groups -OCH3 is 1. The van der Waals surface area contributed by atoms with Crippen LogP contribution in [0.25, 0.3) is 6.08 Å². The maximum absolute atomic E-state index is 12.4. The summed E-state index contributed by atoms with van der Waals surface area (Å²) in [5.41, 5.74) is 1.10. The van der Waals surface area contributed by atoms with E-state index in [2.05, 4.69) is 0 Å². The van der Waals surface area contributed by atoms with Gasteiger partial charge in [0, 0.05) is 26.1 Å². The third-order valence-electron chi connectivity index (χ3n) is 4.07. The first kappa shape index (κ1) is 17.2. The summed E-state index contributed by atoms with van der Waals surface area (Å²) in [6, 6.07) is 9.65. The molecular formula is C18H23NO4. The molecule has 1 fully saturated rings. The highest BCUT2D eigenvalue weighted by atomic mass is 16.5. The molecule has 5 heteroatoms. The smallest absolute Gasteiger partial charge is 0.305 e. The van der Waals surface area contributed by atoms with Gasteiger partial charge in [-0.05, 0) is 18.4 Å². The summed E-state index contributed by atoms with van der Waals surface area (Å²) < 4.78 is 5.29. The van der Waals surface area contributed by atoms with Gasteiger partial charge in [-0.25, -0.2) is 0 Å². The molecule has 2 unspecified atom stereocenters. The number of hydrogen-bond acceptors (Lipinski definition) is 3. The minimum Gasteiger partial charge on any atom is -0.481 e. The van der Waals surface area contributed by atoms with E-state index in [-0.39, 0.29) is 24.5 Å². The number of carboxylic acids is 1. The molecule has 1 heterocycles. The van der Waals surface area contributed by atoms with Crippen molar-refractivity contribution >= 4 is 18.0 Å². The van der Waals surface area contributed by atoms with Crippen molar-refractivity contribution in [1.82, 2.24) is 4.90 Å². The van der Waals surface area contributed by atoms with Crippen LogP contribution in [-0.4, -0.2) is 47.7 Å². The van der Waals surface area contributed by atoms with E-state index in [1.54, 1.807) is 12.0 Å². The molecule has 0 aromatic heterocycles. The van der Waals surface area contributed by atoms with Crippen LogP contribution in [0.1, 0.15) is 31.2 Å². The van der Waals surface area contributed by atoms with E-state index in [1.165, 1.54) is 0 Å². The largest absolute Gasteiger partial charge is 0.481 e. The first-order chi connectivity index (χ1) is 11.1. The number of benzene rings is 1. The van der Waals surface area contributed by atoms with Crippen molar-refractivity contribution in [3.05, 3.63) is 42.0 Å². The molecular weight excluding hydrogens is 294 g/mol. The van der Waals surface area contributed by atoms with Gasteiger partial charge in [0.25, 0.3) is 0 Å². The average molecular weight is 317 g/mol. The van der Waals surface area contributed by atoms with Crippen LogP contribution < -0.4 is 0 Å². The number of amides is 1. The lowest BCUT2D eigenvalue weighted by molar-refractivity contribution is -0.139. The van der Waals surface area contributed by atoms with Crippen LogP contribution in [0, 0.1) is 0 Å². The number of allylic oxidation sites excluding steroid dienone is 1. The number of carbonyl (C=O) groups is 2. The van der Waals surface area contributed by atoms with Crippen molar-refractivity contribution in [3.63, 3.8) is 0 Å². The molecule has 1 aliphatic heterocycles. The lowest BCUT2D eigenvalue weighted by Crippen LogP contribution is -2.37. The highest BCUT2D eigenvalue weighted by Crippen LogP contribution is 2.23. The van der Waals surface area contributed by atoms with E-state index >= 15 is 0 Å². The van der Waals surface area contributed by atoms with Gasteiger partial charge in [-0.15, -0.1) is 0 Å². The fraction of sp³-hybridized carbons (Fsp3) is 0.444. The maximum Gasteiger partial charge on any atom is 0.305 e. The van der Waals surface area contributed by atoms with Crippen molar-refractivity contribution in [2.45, 2.75) is 37.8 Å². The highest BCUT2D eigenvalue weighted by Gasteiger charge is 2.35. The van der Waals surface area contributed by atoms with E-state index in [9.17, 15) is 9.59 Å². The summed E-state index contributed by atoms with van der Waals surface area (Å²) in [4.78, 5) is 25.0. The zero-order valence-electron chi connectivity index (χ0n) is 13.4. The molecule has 0 saturated carbocycles. The first-order valence-corrected chi connectivity index (χ1v) is 7.85. The average Bonchev–Trinajstić information content (AvgIpc) is 2.94. The molecule has 1 aromatic carbocycles. The van der Waals surface area contributed by atoms with Crippen LogP contribution in [0.3, 0.4) is 0 Å². The minimum absolute atomic E-state index is 0.00601. The Labute approximate surface area is 136 Å². The Morgan fingerprint density at radius 2 is 2.09 bits per heavy atom. The molecule has 23 heavy (non-hydrogen) atoms. The summed E-state index contributed by atoms with van der Waals surface area (Å²) in [5, 5.41) is 8.98. The van der Waals surface area contributed by atoms with Crippen LogP contribution in [0.4, 0.5) is 0 Å². The Kier molecular flexibility index (Phi) is 6.35. The van der Waals surface area contributed by atoms with Crippen molar-refractivity contribution in [2.24, 2.45) is 0 Å². The minimum atomic E-state index is -0.881. The lowest BCUT2D eigenvalue weighted by atomic mass is 10.1. The second-order valence-electron chi connectivity index (χ2n) is 5.74. The molecule has 1 aliphatic rings. The molecule has 1 aromatic rings. The fourth-order valence-electron chi connectivity index (χ4n) is 2.88. The summed E-state index contributed by atoms with van der Waals surface area (Å²) in [7, 11) is 1.60. The van der Waals surface area contributed by atoms with E-state index in [0.29, 0.717) is 25.8 Å². The Morgan fingerprint density at radius 1 is 1.35 bits per heavy atom. The molecule has 0 aliphatic carbocycles. The molecule has 1 saturated heterocycles. The van der Waals surface area contributed by atoms with Crippen molar-refractivity contribution in [2.75, 3.05) is 13.7 Å². The molecule has 1 amide bonds. The quantitative estimate of drug-likeness (QED) is 0.839. The summed E-state index contributed by atoms with van der Waals surface area (Å²) in [5.74, 6) is -0.887. The van der Waals surface area contributed by atoms with Gasteiger partial charge in [0.1, 0.15) is 0 Å². The third kappa shape index (κ3) is 5.21. The number of likely N-dealkylation sites (tertiary alicyclic amines) is 1. The van der Waals surface area contributed by atoms with Gasteiger partial charge in [-0.1, -0.05) is 42.5 Å². The van der Waals surface area contributed by atoms with Crippen molar-refractivity contribution in [1.29, 1.82) is 0 Å². The maximum atomic E-state index is 12.4. The van der Waals surface area contributed by atoms with Gasteiger partial charge in [-0.3, -0.25) is 9.59 Å². The summed E-state index contributed by atoms with van der Waals surface area (Å²) in [6.45, 7) is 0.482. The van der Waals surface area contributed by atoms with Crippen LogP contribution in [0.5, 0.6) is 0 Å². The third-order valence-corrected chi connectivity index (χ3v) is 4.07. The molecule has 2 rings (SSSR count). The van der Waals surface area contributed by atoms with Gasteiger partial charge in [0.2, 0.25) is 5.91 Å². The molecule has 1 N–H and O–H groups in total. The molecule has 0 radical (unpaired) electrons. The number of hydrogen-bond donors (Lipinski definition) is 1. The molecule has 0 spiro atoms. The van der Waals surface area contributed by atoms with E-state index in [4.69, 9.17) is 9.84 Å². The standard InChI is InChI=1S/C18H23NO4/c1-23-16-11-15(12-18(21)22)19(13-16)17(20)10-6-5-9-14-7-3-2-4-8-14/h2-5,7-9,15-16H,6,10-13H2,1H3,(H,21,22)/b9-5+. The predicted octanol–water partition coefficient (Wildman–Crippen LogP) is 2.57. The van der Waals surface area contributed by atoms with Crippen molar-refractivity contribution < 1.29 is 19.4 Å². The SMILES string of the molecule is COC1CC(CC(=O)O)N(C(=O)CC/C=C/c2ccccc2)C1. The number of carbonyl (C=O) groups excluding carboxylic acids is 1. The van der Waals surface area contributed by atoms with E-state index in [1.807, 2.05) is 42.5 Å². The Morgan fingerprint density at radius 3 is 2.74 bits per heavy atom. The number of aliphatic carboxylic acids is 1. The van der Waals surface area contributed by atoms with Crippen LogP contribution in [-0.2, 0) is 14.3 Å². The Bertz CT molecular complexity index is 555. The zero-order chi connectivity index (χ0) is 16.7. The number of rotatable bonds is 7. The first-order valence-electron chi connectivity index (χ1n) is 7.85. The lowest BCUT2D eigenvalue weighted by Gasteiger charge is -2.23.